The first-order chi connectivity index (χ1) is 5.75. The summed E-state index contributed by atoms with van der Waals surface area (Å²) in [6.07, 6.45) is 1.06. The number of rotatable bonds is 0. The highest BCUT2D eigenvalue weighted by Crippen LogP contribution is 2.22. The topological polar surface area (TPSA) is 51.2 Å². The van der Waals surface area contributed by atoms with Crippen LogP contribution < -0.4 is 5.32 Å². The molecule has 0 aromatic carbocycles. The monoisotopic (exact) mass is 184 g/mol. The normalized spacial score (nSPS) is 14.6. The van der Waals surface area contributed by atoms with Gasteiger partial charge in [-0.3, -0.25) is 5.32 Å². The highest BCUT2D eigenvalue weighted by atomic mass is 35.5. The van der Waals surface area contributed by atoms with Gasteiger partial charge in [-0.05, 0) is 6.07 Å². The van der Waals surface area contributed by atoms with E-state index in [0.29, 0.717) is 10.8 Å². The van der Waals surface area contributed by atoms with Gasteiger partial charge in [-0.15, -0.1) is 0 Å². The zero-order valence-corrected chi connectivity index (χ0v) is 6.76. The summed E-state index contributed by atoms with van der Waals surface area (Å²) in [6, 6.07) is 1.66. The Morgan fingerprint density at radius 2 is 2.50 bits per heavy atom. The van der Waals surface area contributed by atoms with Crippen LogP contribution >= 0.6 is 11.6 Å². The van der Waals surface area contributed by atoms with E-state index >= 15 is 0 Å². The van der Waals surface area contributed by atoms with Crippen LogP contribution in [0, 0.1) is 0 Å². The molecule has 2 rings (SSSR count). The van der Waals surface area contributed by atoms with Gasteiger partial charge in [0.2, 0.25) is 0 Å². The Labute approximate surface area is 73.5 Å². The SMILES string of the molecule is O=C1Nc2cnc(Cl)cc2CO1. The lowest BCUT2D eigenvalue weighted by Crippen LogP contribution is -2.20. The fourth-order valence-electron chi connectivity index (χ4n) is 0.989. The third-order valence-corrected chi connectivity index (χ3v) is 1.76. The molecule has 2 heterocycles. The molecule has 1 aromatic rings. The van der Waals surface area contributed by atoms with Gasteiger partial charge in [0.1, 0.15) is 11.8 Å². The van der Waals surface area contributed by atoms with Crippen molar-refractivity contribution in [2.75, 3.05) is 5.32 Å². The number of nitrogens with zero attached hydrogens (tertiary/aromatic N) is 1. The van der Waals surface area contributed by atoms with E-state index < -0.39 is 6.09 Å². The van der Waals surface area contributed by atoms with E-state index in [-0.39, 0.29) is 6.61 Å². The summed E-state index contributed by atoms with van der Waals surface area (Å²) in [5.74, 6) is 0. The lowest BCUT2D eigenvalue weighted by Gasteiger charge is -2.16. The van der Waals surface area contributed by atoms with Crippen LogP contribution in [0.2, 0.25) is 5.15 Å². The molecule has 1 aliphatic rings. The molecule has 1 aromatic heterocycles. The molecule has 0 atom stereocenters. The molecule has 0 saturated heterocycles. The summed E-state index contributed by atoms with van der Waals surface area (Å²) >= 11 is 5.63. The quantitative estimate of drug-likeness (QED) is 0.626. The molecule has 0 radical (unpaired) electrons. The zero-order valence-electron chi connectivity index (χ0n) is 6.00. The first-order valence-electron chi connectivity index (χ1n) is 3.34. The van der Waals surface area contributed by atoms with E-state index in [1.165, 1.54) is 6.20 Å². The second-order valence-corrected chi connectivity index (χ2v) is 2.75. The van der Waals surface area contributed by atoms with Gasteiger partial charge in [-0.25, -0.2) is 9.78 Å². The van der Waals surface area contributed by atoms with Gasteiger partial charge < -0.3 is 4.74 Å². The van der Waals surface area contributed by atoms with E-state index in [0.717, 1.165) is 5.56 Å². The van der Waals surface area contributed by atoms with Crippen molar-refractivity contribution < 1.29 is 9.53 Å². The van der Waals surface area contributed by atoms with Crippen LogP contribution in [0.25, 0.3) is 0 Å². The van der Waals surface area contributed by atoms with Crippen molar-refractivity contribution in [3.05, 3.63) is 23.0 Å². The average Bonchev–Trinajstić information content (AvgIpc) is 2.05. The van der Waals surface area contributed by atoms with Gasteiger partial charge in [0, 0.05) is 5.56 Å². The van der Waals surface area contributed by atoms with Gasteiger partial charge >= 0.3 is 6.09 Å². The number of aromatic nitrogens is 1. The second-order valence-electron chi connectivity index (χ2n) is 2.37. The Kier molecular flexibility index (Phi) is 1.62. The predicted octanol–water partition coefficient (Wildman–Crippen LogP) is 1.80. The molecule has 0 unspecified atom stereocenters. The van der Waals surface area contributed by atoms with Crippen molar-refractivity contribution in [1.29, 1.82) is 0 Å². The van der Waals surface area contributed by atoms with E-state index in [9.17, 15) is 4.79 Å². The van der Waals surface area contributed by atoms with Crippen LogP contribution in [0.3, 0.4) is 0 Å². The Morgan fingerprint density at radius 1 is 1.67 bits per heavy atom. The summed E-state index contributed by atoms with van der Waals surface area (Å²) in [5.41, 5.74) is 1.50. The number of cyclic esters (lactones) is 1. The Bertz CT molecular complexity index is 340. The predicted molar refractivity (Wildman–Crippen MR) is 43.1 cm³/mol. The third kappa shape index (κ3) is 1.21. The number of amides is 1. The maximum Gasteiger partial charge on any atom is 0.412 e. The Morgan fingerprint density at radius 3 is 3.33 bits per heavy atom. The number of ether oxygens (including phenoxy) is 1. The summed E-state index contributed by atoms with van der Waals surface area (Å²) < 4.78 is 4.72. The molecule has 4 nitrogen and oxygen atoms in total. The van der Waals surface area contributed by atoms with Crippen LogP contribution in [-0.4, -0.2) is 11.1 Å². The number of hydrogen-bond acceptors (Lipinski definition) is 3. The van der Waals surface area contributed by atoms with Crippen LogP contribution in [0.5, 0.6) is 0 Å². The first kappa shape index (κ1) is 7.36. The molecule has 5 heteroatoms. The first-order valence-corrected chi connectivity index (χ1v) is 3.72. The van der Waals surface area contributed by atoms with Crippen LogP contribution in [-0.2, 0) is 11.3 Å². The van der Waals surface area contributed by atoms with Gasteiger partial charge in [0.25, 0.3) is 0 Å². The average molecular weight is 185 g/mol. The molecule has 0 saturated carbocycles. The van der Waals surface area contributed by atoms with Gasteiger partial charge in [0.05, 0.1) is 11.9 Å². The molecule has 0 spiro atoms. The van der Waals surface area contributed by atoms with Crippen LogP contribution in [0.4, 0.5) is 10.5 Å². The summed E-state index contributed by atoms with van der Waals surface area (Å²) in [7, 11) is 0. The van der Waals surface area contributed by atoms with Crippen molar-refractivity contribution in [3.63, 3.8) is 0 Å². The second kappa shape index (κ2) is 2.64. The molecule has 1 N–H and O–H groups in total. The number of nitrogens with one attached hydrogen (secondary N) is 1. The van der Waals surface area contributed by atoms with Gasteiger partial charge in [0.15, 0.2) is 0 Å². The van der Waals surface area contributed by atoms with Crippen LogP contribution in [0.1, 0.15) is 5.56 Å². The van der Waals surface area contributed by atoms with Crippen molar-refractivity contribution >= 4 is 23.4 Å². The molecular formula is C7H5ClN2O2. The molecule has 62 valence electrons. The Balaban J connectivity index is 2.43. The minimum absolute atomic E-state index is 0.253. The highest BCUT2D eigenvalue weighted by Gasteiger charge is 2.15. The number of pyridine rings is 1. The highest BCUT2D eigenvalue weighted by molar-refractivity contribution is 6.29. The van der Waals surface area contributed by atoms with Gasteiger partial charge in [-0.1, -0.05) is 11.6 Å². The fourth-order valence-corrected chi connectivity index (χ4v) is 1.17. The van der Waals surface area contributed by atoms with Crippen molar-refractivity contribution in [2.24, 2.45) is 0 Å². The lowest BCUT2D eigenvalue weighted by atomic mass is 10.2. The third-order valence-electron chi connectivity index (χ3n) is 1.55. The molecule has 1 amide bonds. The molecule has 0 aliphatic carbocycles. The minimum atomic E-state index is -0.452. The summed E-state index contributed by atoms with van der Waals surface area (Å²) in [6.45, 7) is 0.253. The fraction of sp³-hybridized carbons (Fsp3) is 0.143. The maximum atomic E-state index is 10.7. The molecule has 1 aliphatic heterocycles. The number of fused-ring (bicyclic) bond motifs is 1. The van der Waals surface area contributed by atoms with E-state index in [2.05, 4.69) is 10.3 Å². The number of hydrogen-bond donors (Lipinski definition) is 1. The standard InChI is InChI=1S/C7H5ClN2O2/c8-6-1-4-3-12-7(11)10-5(4)2-9-6/h1-2H,3H2,(H,10,11). The lowest BCUT2D eigenvalue weighted by molar-refractivity contribution is 0.151. The Hall–Kier alpha value is -1.29. The summed E-state index contributed by atoms with van der Waals surface area (Å²) in [4.78, 5) is 14.5. The van der Waals surface area contributed by atoms with E-state index in [1.54, 1.807) is 6.07 Å². The molecule has 0 fully saturated rings. The number of carbonyl (C=O) groups is 1. The number of halogens is 1. The zero-order chi connectivity index (χ0) is 8.55. The van der Waals surface area contributed by atoms with Crippen molar-refractivity contribution in [2.45, 2.75) is 6.61 Å². The smallest absolute Gasteiger partial charge is 0.412 e. The van der Waals surface area contributed by atoms with Crippen LogP contribution in [0.15, 0.2) is 12.3 Å². The summed E-state index contributed by atoms with van der Waals surface area (Å²) in [5, 5.41) is 2.90. The minimum Gasteiger partial charge on any atom is -0.444 e. The van der Waals surface area contributed by atoms with Gasteiger partial charge in [-0.2, -0.15) is 0 Å². The maximum absolute atomic E-state index is 10.7. The largest absolute Gasteiger partial charge is 0.444 e. The molecular weight excluding hydrogens is 180 g/mol. The van der Waals surface area contributed by atoms with Crippen molar-refractivity contribution in [1.82, 2.24) is 4.98 Å². The molecule has 12 heavy (non-hydrogen) atoms. The number of anilines is 1. The van der Waals surface area contributed by atoms with E-state index in [1.807, 2.05) is 0 Å². The van der Waals surface area contributed by atoms with E-state index in [4.69, 9.17) is 16.3 Å². The number of carbonyl (C=O) groups excluding carboxylic acids is 1. The van der Waals surface area contributed by atoms with Crippen molar-refractivity contribution in [3.8, 4) is 0 Å². The molecule has 0 bridgehead atoms.